The number of amides is 1. The van der Waals surface area contributed by atoms with Crippen LogP contribution in [0.2, 0.25) is 0 Å². The first-order valence-electron chi connectivity index (χ1n) is 9.81. The van der Waals surface area contributed by atoms with Gasteiger partial charge < -0.3 is 21.3 Å². The largest absolute Gasteiger partial charge is 0.397 e. The maximum absolute atomic E-state index is 12.2. The Bertz CT molecular complexity index is 751. The number of nitrogens with one attached hydrogen (secondary N) is 2. The van der Waals surface area contributed by atoms with Gasteiger partial charge in [0.25, 0.3) is 0 Å². The molecule has 3 rings (SSSR count). The molecule has 0 spiro atoms. The molecule has 144 valence electrons. The molecule has 0 atom stereocenters. The third kappa shape index (κ3) is 6.00. The molecule has 5 heteroatoms. The fraction of sp³-hybridized carbons (Fsp3) is 0.409. The fourth-order valence-electron chi connectivity index (χ4n) is 3.39. The van der Waals surface area contributed by atoms with Crippen LogP contribution in [0, 0.1) is 6.92 Å². The number of carbonyl (C=O) groups excluding carboxylic acids is 1. The smallest absolute Gasteiger partial charge is 0.225 e. The van der Waals surface area contributed by atoms with E-state index in [4.69, 9.17) is 5.73 Å². The summed E-state index contributed by atoms with van der Waals surface area (Å²) in [7, 11) is 0. The van der Waals surface area contributed by atoms with Crippen molar-refractivity contribution >= 4 is 23.0 Å². The fourth-order valence-corrected chi connectivity index (χ4v) is 3.39. The van der Waals surface area contributed by atoms with E-state index in [9.17, 15) is 4.79 Å². The standard InChI is InChI=1S/C22H30N4O/c1-17-5-10-20(23)21(15-17)24-16-18-6-8-19(9-7-18)25-22(27)11-14-26-12-3-2-4-13-26/h5-10,15,24H,2-4,11-14,16,23H2,1H3,(H,25,27). The highest BCUT2D eigenvalue weighted by atomic mass is 16.1. The van der Waals surface area contributed by atoms with Crippen molar-refractivity contribution in [3.05, 3.63) is 53.6 Å². The summed E-state index contributed by atoms with van der Waals surface area (Å²) >= 11 is 0. The molecular formula is C22H30N4O. The van der Waals surface area contributed by atoms with E-state index in [0.29, 0.717) is 13.0 Å². The van der Waals surface area contributed by atoms with Crippen LogP contribution in [-0.2, 0) is 11.3 Å². The third-order valence-electron chi connectivity index (χ3n) is 5.03. The second-order valence-corrected chi connectivity index (χ2v) is 7.34. The number of nitrogen functional groups attached to an aromatic ring is 1. The highest BCUT2D eigenvalue weighted by Crippen LogP contribution is 2.21. The summed E-state index contributed by atoms with van der Waals surface area (Å²) in [6.45, 7) is 5.84. The summed E-state index contributed by atoms with van der Waals surface area (Å²) in [5.41, 5.74) is 10.9. The SMILES string of the molecule is Cc1ccc(N)c(NCc2ccc(NC(=O)CCN3CCCCC3)cc2)c1. The van der Waals surface area contributed by atoms with Crippen LogP contribution in [0.4, 0.5) is 17.1 Å². The zero-order chi connectivity index (χ0) is 19.1. The number of anilines is 3. The van der Waals surface area contributed by atoms with Crippen LogP contribution >= 0.6 is 0 Å². The summed E-state index contributed by atoms with van der Waals surface area (Å²) in [6.07, 6.45) is 4.38. The van der Waals surface area contributed by atoms with Gasteiger partial charge in [0.15, 0.2) is 0 Å². The average Bonchev–Trinajstić information content (AvgIpc) is 2.69. The van der Waals surface area contributed by atoms with Crippen molar-refractivity contribution in [2.24, 2.45) is 0 Å². The molecular weight excluding hydrogens is 336 g/mol. The summed E-state index contributed by atoms with van der Waals surface area (Å²) < 4.78 is 0. The van der Waals surface area contributed by atoms with E-state index < -0.39 is 0 Å². The van der Waals surface area contributed by atoms with Gasteiger partial charge in [-0.1, -0.05) is 24.6 Å². The summed E-state index contributed by atoms with van der Waals surface area (Å²) in [4.78, 5) is 14.5. The normalized spacial score (nSPS) is 14.7. The van der Waals surface area contributed by atoms with Gasteiger partial charge in [-0.25, -0.2) is 0 Å². The third-order valence-corrected chi connectivity index (χ3v) is 5.03. The average molecular weight is 367 g/mol. The van der Waals surface area contributed by atoms with Crippen LogP contribution in [0.1, 0.15) is 36.8 Å². The quantitative estimate of drug-likeness (QED) is 0.648. The van der Waals surface area contributed by atoms with E-state index in [1.54, 1.807) is 0 Å². The van der Waals surface area contributed by atoms with Crippen LogP contribution in [0.15, 0.2) is 42.5 Å². The summed E-state index contributed by atoms with van der Waals surface area (Å²) in [6, 6.07) is 13.9. The van der Waals surface area contributed by atoms with E-state index in [1.165, 1.54) is 24.8 Å². The summed E-state index contributed by atoms with van der Waals surface area (Å²) in [5.74, 6) is 0.0824. The lowest BCUT2D eigenvalue weighted by atomic mass is 10.1. The molecule has 0 aliphatic carbocycles. The lowest BCUT2D eigenvalue weighted by molar-refractivity contribution is -0.116. The molecule has 0 unspecified atom stereocenters. The maximum atomic E-state index is 12.2. The number of nitrogens with two attached hydrogens (primary N) is 1. The van der Waals surface area contributed by atoms with Gasteiger partial charge >= 0.3 is 0 Å². The molecule has 2 aromatic rings. The molecule has 2 aromatic carbocycles. The minimum atomic E-state index is 0.0824. The van der Waals surface area contributed by atoms with Crippen molar-refractivity contribution in [2.45, 2.75) is 39.2 Å². The van der Waals surface area contributed by atoms with Gasteiger partial charge in [0.1, 0.15) is 0 Å². The Kier molecular flexibility index (Phi) is 6.71. The molecule has 0 aromatic heterocycles. The lowest BCUT2D eigenvalue weighted by Gasteiger charge is -2.25. The number of benzene rings is 2. The maximum Gasteiger partial charge on any atom is 0.225 e. The Balaban J connectivity index is 1.45. The van der Waals surface area contributed by atoms with Crippen LogP contribution < -0.4 is 16.4 Å². The molecule has 27 heavy (non-hydrogen) atoms. The Labute approximate surface area is 161 Å². The zero-order valence-electron chi connectivity index (χ0n) is 16.1. The molecule has 1 amide bonds. The first-order valence-corrected chi connectivity index (χ1v) is 9.81. The number of carbonyl (C=O) groups is 1. The Hall–Kier alpha value is -2.53. The molecule has 0 saturated carbocycles. The van der Waals surface area contributed by atoms with E-state index >= 15 is 0 Å². The van der Waals surface area contributed by atoms with Crippen molar-refractivity contribution in [3.63, 3.8) is 0 Å². The van der Waals surface area contributed by atoms with Crippen LogP contribution in [0.5, 0.6) is 0 Å². The minimum Gasteiger partial charge on any atom is -0.397 e. The number of hydrogen-bond acceptors (Lipinski definition) is 4. The Morgan fingerprint density at radius 2 is 1.81 bits per heavy atom. The van der Waals surface area contributed by atoms with Crippen molar-refractivity contribution in [1.82, 2.24) is 4.90 Å². The monoisotopic (exact) mass is 366 g/mol. The molecule has 1 saturated heterocycles. The highest BCUT2D eigenvalue weighted by molar-refractivity contribution is 5.90. The zero-order valence-corrected chi connectivity index (χ0v) is 16.1. The van der Waals surface area contributed by atoms with Gasteiger partial charge in [-0.05, 0) is 68.2 Å². The number of likely N-dealkylation sites (tertiary alicyclic amines) is 1. The van der Waals surface area contributed by atoms with Crippen molar-refractivity contribution in [2.75, 3.05) is 36.0 Å². The van der Waals surface area contributed by atoms with Gasteiger partial charge in [-0.15, -0.1) is 0 Å². The van der Waals surface area contributed by atoms with E-state index in [0.717, 1.165) is 42.3 Å². The van der Waals surface area contributed by atoms with E-state index in [1.807, 2.05) is 49.4 Å². The molecule has 4 N–H and O–H groups in total. The predicted octanol–water partition coefficient (Wildman–Crippen LogP) is 4.00. The second-order valence-electron chi connectivity index (χ2n) is 7.34. The van der Waals surface area contributed by atoms with Crippen LogP contribution in [-0.4, -0.2) is 30.4 Å². The molecule has 0 radical (unpaired) electrons. The molecule has 1 heterocycles. The van der Waals surface area contributed by atoms with Crippen molar-refractivity contribution in [3.8, 4) is 0 Å². The number of nitrogens with zero attached hydrogens (tertiary/aromatic N) is 1. The number of rotatable bonds is 7. The highest BCUT2D eigenvalue weighted by Gasteiger charge is 2.11. The van der Waals surface area contributed by atoms with Crippen molar-refractivity contribution < 1.29 is 4.79 Å². The summed E-state index contributed by atoms with van der Waals surface area (Å²) in [5, 5.41) is 6.36. The molecule has 1 aliphatic heterocycles. The molecule has 1 aliphatic rings. The van der Waals surface area contributed by atoms with Gasteiger partial charge in [0, 0.05) is 25.2 Å². The van der Waals surface area contributed by atoms with Gasteiger partial charge in [0.05, 0.1) is 11.4 Å². The van der Waals surface area contributed by atoms with Crippen LogP contribution in [0.25, 0.3) is 0 Å². The second kappa shape index (κ2) is 9.42. The first kappa shape index (κ1) is 19.2. The first-order chi connectivity index (χ1) is 13.1. The van der Waals surface area contributed by atoms with Gasteiger partial charge in [0.2, 0.25) is 5.91 Å². The Morgan fingerprint density at radius 3 is 2.56 bits per heavy atom. The number of hydrogen-bond donors (Lipinski definition) is 3. The van der Waals surface area contributed by atoms with E-state index in [2.05, 4.69) is 15.5 Å². The van der Waals surface area contributed by atoms with Crippen LogP contribution in [0.3, 0.4) is 0 Å². The van der Waals surface area contributed by atoms with E-state index in [-0.39, 0.29) is 5.91 Å². The van der Waals surface area contributed by atoms with Gasteiger partial charge in [-0.2, -0.15) is 0 Å². The van der Waals surface area contributed by atoms with Gasteiger partial charge in [-0.3, -0.25) is 4.79 Å². The van der Waals surface area contributed by atoms with Crippen molar-refractivity contribution in [1.29, 1.82) is 0 Å². The number of aryl methyl sites for hydroxylation is 1. The predicted molar refractivity (Wildman–Crippen MR) is 113 cm³/mol. The minimum absolute atomic E-state index is 0.0824. The Morgan fingerprint density at radius 1 is 1.07 bits per heavy atom. The molecule has 1 fully saturated rings. The number of piperidine rings is 1. The topological polar surface area (TPSA) is 70.4 Å². The lowest BCUT2D eigenvalue weighted by Crippen LogP contribution is -2.32. The molecule has 0 bridgehead atoms. The molecule has 5 nitrogen and oxygen atoms in total.